The van der Waals surface area contributed by atoms with Crippen molar-refractivity contribution in [1.29, 1.82) is 0 Å². The number of methoxy groups -OCH3 is 1. The summed E-state index contributed by atoms with van der Waals surface area (Å²) >= 11 is 0. The van der Waals surface area contributed by atoms with Crippen molar-refractivity contribution in [3.63, 3.8) is 0 Å². The first kappa shape index (κ1) is 21.7. The van der Waals surface area contributed by atoms with Gasteiger partial charge in [0.2, 0.25) is 16.8 Å². The molecule has 0 unspecified atom stereocenters. The Bertz CT molecular complexity index is 1240. The Hall–Kier alpha value is -3.56. The van der Waals surface area contributed by atoms with Crippen LogP contribution < -0.4 is 19.5 Å². The van der Waals surface area contributed by atoms with Gasteiger partial charge in [-0.15, -0.1) is 0 Å². The maximum Gasteiger partial charge on any atom is 0.255 e. The summed E-state index contributed by atoms with van der Waals surface area (Å²) in [4.78, 5) is 12.7. The fourth-order valence-corrected chi connectivity index (χ4v) is 4.63. The lowest BCUT2D eigenvalue weighted by Crippen LogP contribution is -2.27. The van der Waals surface area contributed by atoms with Gasteiger partial charge in [-0.2, -0.15) is 4.31 Å². The highest BCUT2D eigenvalue weighted by atomic mass is 32.2. The van der Waals surface area contributed by atoms with Crippen LogP contribution in [-0.2, 0) is 16.6 Å². The van der Waals surface area contributed by atoms with E-state index < -0.39 is 15.9 Å². The van der Waals surface area contributed by atoms with Crippen molar-refractivity contribution in [3.8, 4) is 17.2 Å². The number of sulfonamides is 1. The molecule has 1 aliphatic heterocycles. The van der Waals surface area contributed by atoms with Gasteiger partial charge in [-0.3, -0.25) is 4.79 Å². The zero-order valence-electron chi connectivity index (χ0n) is 17.6. The van der Waals surface area contributed by atoms with E-state index in [1.54, 1.807) is 18.2 Å². The van der Waals surface area contributed by atoms with E-state index in [2.05, 4.69) is 5.32 Å². The zero-order chi connectivity index (χ0) is 22.7. The van der Waals surface area contributed by atoms with E-state index in [-0.39, 0.29) is 29.5 Å². The molecule has 0 atom stereocenters. The number of nitrogens with zero attached hydrogens (tertiary/aromatic N) is 1. The van der Waals surface area contributed by atoms with Gasteiger partial charge in [-0.05, 0) is 35.9 Å². The molecule has 0 spiro atoms. The van der Waals surface area contributed by atoms with E-state index in [1.165, 1.54) is 36.7 Å². The lowest BCUT2D eigenvalue weighted by molar-refractivity contribution is 0.102. The number of hydrogen-bond acceptors (Lipinski definition) is 6. The Kier molecular flexibility index (Phi) is 6.02. The molecule has 0 aliphatic carbocycles. The number of fused-ring (bicyclic) bond motifs is 1. The molecule has 1 heterocycles. The van der Waals surface area contributed by atoms with Gasteiger partial charge in [0, 0.05) is 30.9 Å². The summed E-state index contributed by atoms with van der Waals surface area (Å²) in [6.45, 7) is 0.308. The summed E-state index contributed by atoms with van der Waals surface area (Å²) in [6.07, 6.45) is 0. The second-order valence-corrected chi connectivity index (χ2v) is 9.15. The highest BCUT2D eigenvalue weighted by Gasteiger charge is 2.26. The van der Waals surface area contributed by atoms with Crippen LogP contribution in [0.4, 0.5) is 5.69 Å². The van der Waals surface area contributed by atoms with Gasteiger partial charge in [-0.1, -0.05) is 30.3 Å². The number of benzene rings is 3. The molecule has 3 aromatic rings. The molecular weight excluding hydrogens is 432 g/mol. The van der Waals surface area contributed by atoms with Gasteiger partial charge < -0.3 is 19.5 Å². The molecule has 1 amide bonds. The minimum absolute atomic E-state index is 0.0863. The third kappa shape index (κ3) is 4.39. The van der Waals surface area contributed by atoms with Crippen molar-refractivity contribution in [2.45, 2.75) is 11.4 Å². The Morgan fingerprint density at radius 3 is 2.53 bits per heavy atom. The van der Waals surface area contributed by atoms with E-state index >= 15 is 0 Å². The molecule has 9 heteroatoms. The smallest absolute Gasteiger partial charge is 0.255 e. The van der Waals surface area contributed by atoms with Gasteiger partial charge in [0.1, 0.15) is 10.6 Å². The van der Waals surface area contributed by atoms with Crippen LogP contribution in [0.3, 0.4) is 0 Å². The van der Waals surface area contributed by atoms with E-state index in [9.17, 15) is 13.2 Å². The molecule has 1 aliphatic rings. The molecule has 0 radical (unpaired) electrons. The van der Waals surface area contributed by atoms with Gasteiger partial charge in [-0.25, -0.2) is 8.42 Å². The highest BCUT2D eigenvalue weighted by molar-refractivity contribution is 7.89. The standard InChI is InChI=1S/C23H22N2O6S/c1-25(14-16-6-4-3-5-7-16)32(27,28)22-12-17(8-10-20(22)29-2)23(26)24-18-9-11-19-21(13-18)31-15-30-19/h3-13H,14-15H2,1-2H3,(H,24,26). The lowest BCUT2D eigenvalue weighted by atomic mass is 10.2. The molecule has 0 fully saturated rings. The van der Waals surface area contributed by atoms with Gasteiger partial charge in [0.05, 0.1) is 7.11 Å². The number of rotatable bonds is 7. The molecule has 0 saturated carbocycles. The van der Waals surface area contributed by atoms with E-state index in [1.807, 2.05) is 30.3 Å². The Balaban J connectivity index is 1.59. The van der Waals surface area contributed by atoms with Gasteiger partial charge in [0.15, 0.2) is 11.5 Å². The molecule has 166 valence electrons. The molecular formula is C23H22N2O6S. The van der Waals surface area contributed by atoms with Crippen molar-refractivity contribution >= 4 is 21.6 Å². The predicted octanol–water partition coefficient (Wildman–Crippen LogP) is 3.50. The first-order chi connectivity index (χ1) is 15.4. The first-order valence-electron chi connectivity index (χ1n) is 9.78. The van der Waals surface area contributed by atoms with Crippen molar-refractivity contribution in [3.05, 3.63) is 77.9 Å². The fraction of sp³-hybridized carbons (Fsp3) is 0.174. The number of carbonyl (C=O) groups is 1. The van der Waals surface area contributed by atoms with Crippen LogP contribution in [0.25, 0.3) is 0 Å². The number of anilines is 1. The molecule has 0 aromatic heterocycles. The van der Waals surface area contributed by atoms with E-state index in [0.29, 0.717) is 17.2 Å². The molecule has 0 saturated heterocycles. The maximum absolute atomic E-state index is 13.3. The van der Waals surface area contributed by atoms with Crippen LogP contribution >= 0.6 is 0 Å². The zero-order valence-corrected chi connectivity index (χ0v) is 18.4. The molecule has 1 N–H and O–H groups in total. The summed E-state index contributed by atoms with van der Waals surface area (Å²) < 4.78 is 43.6. The summed E-state index contributed by atoms with van der Waals surface area (Å²) in [6, 6.07) is 18.6. The highest BCUT2D eigenvalue weighted by Crippen LogP contribution is 2.34. The largest absolute Gasteiger partial charge is 0.495 e. The second kappa shape index (κ2) is 8.89. The number of nitrogens with one attached hydrogen (secondary N) is 1. The summed E-state index contributed by atoms with van der Waals surface area (Å²) in [7, 11) is -1.05. The molecule has 8 nitrogen and oxygen atoms in total. The van der Waals surface area contributed by atoms with Crippen molar-refractivity contribution in [2.75, 3.05) is 26.3 Å². The Morgan fingerprint density at radius 2 is 1.78 bits per heavy atom. The number of carbonyl (C=O) groups excluding carboxylic acids is 1. The Morgan fingerprint density at radius 1 is 1.03 bits per heavy atom. The van der Waals surface area contributed by atoms with Crippen molar-refractivity contribution < 1.29 is 27.4 Å². The minimum atomic E-state index is -3.93. The van der Waals surface area contributed by atoms with Crippen LogP contribution in [0.5, 0.6) is 17.2 Å². The third-order valence-electron chi connectivity index (χ3n) is 4.99. The number of amides is 1. The first-order valence-corrected chi connectivity index (χ1v) is 11.2. The number of hydrogen-bond donors (Lipinski definition) is 1. The van der Waals surface area contributed by atoms with E-state index in [0.717, 1.165) is 5.56 Å². The minimum Gasteiger partial charge on any atom is -0.495 e. The van der Waals surface area contributed by atoms with Crippen molar-refractivity contribution in [1.82, 2.24) is 4.31 Å². The van der Waals surface area contributed by atoms with Crippen LogP contribution in [-0.4, -0.2) is 39.6 Å². The Labute approximate surface area is 186 Å². The monoisotopic (exact) mass is 454 g/mol. The predicted molar refractivity (Wildman–Crippen MR) is 119 cm³/mol. The van der Waals surface area contributed by atoms with E-state index in [4.69, 9.17) is 14.2 Å². The van der Waals surface area contributed by atoms with Crippen LogP contribution in [0, 0.1) is 0 Å². The molecule has 3 aromatic carbocycles. The second-order valence-electron chi connectivity index (χ2n) is 7.13. The quantitative estimate of drug-likeness (QED) is 0.587. The maximum atomic E-state index is 13.3. The van der Waals surface area contributed by atoms with Gasteiger partial charge >= 0.3 is 0 Å². The van der Waals surface area contributed by atoms with Crippen LogP contribution in [0.1, 0.15) is 15.9 Å². The summed E-state index contributed by atoms with van der Waals surface area (Å²) in [5.74, 6) is 0.823. The summed E-state index contributed by atoms with van der Waals surface area (Å²) in [5.41, 5.74) is 1.52. The van der Waals surface area contributed by atoms with Crippen LogP contribution in [0.15, 0.2) is 71.6 Å². The third-order valence-corrected chi connectivity index (χ3v) is 6.82. The molecule has 32 heavy (non-hydrogen) atoms. The topological polar surface area (TPSA) is 94.2 Å². The normalized spacial score (nSPS) is 12.6. The SMILES string of the molecule is COc1ccc(C(=O)Nc2ccc3c(c2)OCO3)cc1S(=O)(=O)N(C)Cc1ccccc1. The molecule has 4 rings (SSSR count). The average molecular weight is 455 g/mol. The number of ether oxygens (including phenoxy) is 3. The van der Waals surface area contributed by atoms with Crippen molar-refractivity contribution in [2.24, 2.45) is 0 Å². The fourth-order valence-electron chi connectivity index (χ4n) is 3.29. The summed E-state index contributed by atoms with van der Waals surface area (Å²) in [5, 5.41) is 2.75. The van der Waals surface area contributed by atoms with Crippen LogP contribution in [0.2, 0.25) is 0 Å². The molecule has 0 bridgehead atoms. The average Bonchev–Trinajstić information content (AvgIpc) is 3.27. The lowest BCUT2D eigenvalue weighted by Gasteiger charge is -2.19. The van der Waals surface area contributed by atoms with Gasteiger partial charge in [0.25, 0.3) is 5.91 Å².